The maximum atomic E-state index is 12.3. The van der Waals surface area contributed by atoms with Gasteiger partial charge in [0.25, 0.3) is 0 Å². The van der Waals surface area contributed by atoms with E-state index in [0.717, 1.165) is 55.7 Å². The number of oxime groups is 1. The lowest BCUT2D eigenvalue weighted by Gasteiger charge is -2.61. The van der Waals surface area contributed by atoms with E-state index in [0.29, 0.717) is 29.8 Å². The molecule has 1 amide bonds. The number of fused-ring (bicyclic) bond motifs is 5. The van der Waals surface area contributed by atoms with Crippen molar-refractivity contribution in [2.24, 2.45) is 51.0 Å². The highest BCUT2D eigenvalue weighted by molar-refractivity contribution is 5.85. The first-order chi connectivity index (χ1) is 16.5. The van der Waals surface area contributed by atoms with Crippen molar-refractivity contribution in [2.45, 2.75) is 111 Å². The highest BCUT2D eigenvalue weighted by Crippen LogP contribution is 2.67. The lowest BCUT2D eigenvalue weighted by atomic mass is 9.44. The van der Waals surface area contributed by atoms with Crippen molar-refractivity contribution < 1.29 is 14.7 Å². The smallest absolute Gasteiger partial charge is 0.393 e. The molecule has 6 heteroatoms. The van der Waals surface area contributed by atoms with Crippen molar-refractivity contribution in [1.29, 1.82) is 0 Å². The number of carbonyl (C=O) groups is 1. The summed E-state index contributed by atoms with van der Waals surface area (Å²) in [6.07, 6.45) is 11.3. The van der Waals surface area contributed by atoms with Crippen LogP contribution in [0.25, 0.3) is 0 Å². The van der Waals surface area contributed by atoms with Crippen molar-refractivity contribution in [2.75, 3.05) is 13.1 Å². The molecule has 0 spiro atoms. The van der Waals surface area contributed by atoms with Crippen LogP contribution in [0.1, 0.15) is 98.8 Å². The minimum Gasteiger partial charge on any atom is -0.393 e. The van der Waals surface area contributed by atoms with E-state index in [1.54, 1.807) is 0 Å². The number of aliphatic hydroxyl groups excluding tert-OH is 1. The summed E-state index contributed by atoms with van der Waals surface area (Å²) in [5, 5.41) is 21.0. The summed E-state index contributed by atoms with van der Waals surface area (Å²) in [7, 11) is 0. The Morgan fingerprint density at radius 2 is 1.77 bits per heavy atom. The van der Waals surface area contributed by atoms with E-state index in [2.05, 4.69) is 50.4 Å². The van der Waals surface area contributed by atoms with Crippen LogP contribution in [0.4, 0.5) is 4.79 Å². The van der Waals surface area contributed by atoms with Crippen LogP contribution in [0, 0.1) is 45.8 Å². The topological polar surface area (TPSA) is 83.0 Å². The SMILES string of the molecule is C/C(=N\OC(=O)NCC1CC(C)(C)CN1)[C@H]1CC[C@H]2[C@@H]3CC[C@H]4C[C@H](O)CC[C@]4(C)[C@H]3CC[C@]12C. The molecule has 0 bridgehead atoms. The van der Waals surface area contributed by atoms with Gasteiger partial charge >= 0.3 is 6.09 Å². The standard InChI is InChI=1S/C29H49N3O3/c1-18(32-35-26(34)30-16-20-15-27(2,3)17-31-20)23-8-9-24-22-7-6-19-14-21(33)10-12-28(19,4)25(22)11-13-29(23,24)5/h19-25,31,33H,6-17H2,1-5H3,(H,30,34)/b32-18+/t19-,20?,21+,22-,23+,24-,25-,28-,29+/m0/s1. The van der Waals surface area contributed by atoms with E-state index in [4.69, 9.17) is 4.84 Å². The molecular weight excluding hydrogens is 438 g/mol. The zero-order valence-electron chi connectivity index (χ0n) is 22.7. The van der Waals surface area contributed by atoms with Crippen LogP contribution < -0.4 is 10.6 Å². The summed E-state index contributed by atoms with van der Waals surface area (Å²) in [6, 6.07) is 0.302. The second-order valence-corrected chi connectivity index (χ2v) is 14.2. The molecule has 0 aromatic rings. The zero-order valence-corrected chi connectivity index (χ0v) is 22.7. The Bertz CT molecular complexity index is 843. The summed E-state index contributed by atoms with van der Waals surface area (Å²) in [4.78, 5) is 17.7. The van der Waals surface area contributed by atoms with Gasteiger partial charge in [0.15, 0.2) is 0 Å². The van der Waals surface area contributed by atoms with Gasteiger partial charge < -0.3 is 15.7 Å². The Balaban J connectivity index is 1.19. The number of nitrogens with one attached hydrogen (secondary N) is 2. The molecule has 9 atom stereocenters. The van der Waals surface area contributed by atoms with Crippen molar-refractivity contribution in [3.05, 3.63) is 0 Å². The van der Waals surface area contributed by atoms with Gasteiger partial charge in [-0.3, -0.25) is 4.84 Å². The van der Waals surface area contributed by atoms with Crippen LogP contribution in [0.15, 0.2) is 5.16 Å². The average Bonchev–Trinajstić information content (AvgIpc) is 3.35. The third-order valence-electron chi connectivity index (χ3n) is 11.6. The van der Waals surface area contributed by atoms with Crippen molar-refractivity contribution >= 4 is 11.8 Å². The van der Waals surface area contributed by atoms with Crippen LogP contribution in [-0.4, -0.2) is 42.1 Å². The largest absolute Gasteiger partial charge is 0.433 e. The molecule has 0 radical (unpaired) electrons. The van der Waals surface area contributed by atoms with Gasteiger partial charge in [0.1, 0.15) is 0 Å². The Labute approximate surface area is 212 Å². The first kappa shape index (κ1) is 25.5. The number of nitrogens with zero attached hydrogens (tertiary/aromatic N) is 1. The molecule has 5 fully saturated rings. The zero-order chi connectivity index (χ0) is 25.0. The Morgan fingerprint density at radius 3 is 2.51 bits per heavy atom. The molecule has 198 valence electrons. The minimum atomic E-state index is -0.440. The Hall–Kier alpha value is -1.14. The Morgan fingerprint density at radius 1 is 1.03 bits per heavy atom. The molecule has 5 rings (SSSR count). The number of hydrogen-bond donors (Lipinski definition) is 3. The van der Waals surface area contributed by atoms with Crippen molar-refractivity contribution in [3.63, 3.8) is 0 Å². The van der Waals surface area contributed by atoms with E-state index in [-0.39, 0.29) is 16.9 Å². The van der Waals surface area contributed by atoms with Crippen LogP contribution >= 0.6 is 0 Å². The van der Waals surface area contributed by atoms with Gasteiger partial charge in [-0.15, -0.1) is 0 Å². The van der Waals surface area contributed by atoms with Gasteiger partial charge in [-0.1, -0.05) is 32.9 Å². The van der Waals surface area contributed by atoms with E-state index in [1.807, 2.05) is 0 Å². The predicted molar refractivity (Wildman–Crippen MR) is 139 cm³/mol. The summed E-state index contributed by atoms with van der Waals surface area (Å²) in [6.45, 7) is 13.2. The van der Waals surface area contributed by atoms with Crippen molar-refractivity contribution in [1.82, 2.24) is 10.6 Å². The van der Waals surface area contributed by atoms with Gasteiger partial charge in [0.05, 0.1) is 11.8 Å². The summed E-state index contributed by atoms with van der Waals surface area (Å²) < 4.78 is 0. The van der Waals surface area contributed by atoms with Gasteiger partial charge in [-0.25, -0.2) is 4.79 Å². The fourth-order valence-corrected chi connectivity index (χ4v) is 9.71. The minimum absolute atomic E-state index is 0.0772. The van der Waals surface area contributed by atoms with Gasteiger partial charge in [-0.05, 0) is 111 Å². The summed E-state index contributed by atoms with van der Waals surface area (Å²) >= 11 is 0. The normalized spacial score (nSPS) is 46.9. The lowest BCUT2D eigenvalue weighted by Crippen LogP contribution is -2.54. The molecule has 4 aliphatic carbocycles. The van der Waals surface area contributed by atoms with Gasteiger partial charge in [0.2, 0.25) is 0 Å². The Kier molecular flexibility index (Phi) is 6.78. The maximum absolute atomic E-state index is 12.3. The van der Waals surface area contributed by atoms with E-state index in [9.17, 15) is 9.90 Å². The number of carbonyl (C=O) groups excluding carboxylic acids is 1. The molecule has 5 aliphatic rings. The second kappa shape index (κ2) is 9.31. The third kappa shape index (κ3) is 4.67. The van der Waals surface area contributed by atoms with Crippen molar-refractivity contribution in [3.8, 4) is 0 Å². The van der Waals surface area contributed by atoms with E-state index in [1.165, 1.54) is 38.5 Å². The van der Waals surface area contributed by atoms with Crippen LogP contribution in [0.5, 0.6) is 0 Å². The monoisotopic (exact) mass is 487 g/mol. The molecule has 1 saturated heterocycles. The predicted octanol–water partition coefficient (Wildman–Crippen LogP) is 5.50. The van der Waals surface area contributed by atoms with Crippen LogP contribution in [0.2, 0.25) is 0 Å². The third-order valence-corrected chi connectivity index (χ3v) is 11.6. The summed E-state index contributed by atoms with van der Waals surface area (Å²) in [5.41, 5.74) is 1.94. The number of amides is 1. The fourth-order valence-electron chi connectivity index (χ4n) is 9.71. The molecular formula is C29H49N3O3. The van der Waals surface area contributed by atoms with Crippen LogP contribution in [-0.2, 0) is 4.84 Å². The highest BCUT2D eigenvalue weighted by Gasteiger charge is 2.60. The highest BCUT2D eigenvalue weighted by atomic mass is 16.7. The molecule has 1 heterocycles. The number of rotatable bonds is 4. The number of hydrogen-bond acceptors (Lipinski definition) is 5. The lowest BCUT2D eigenvalue weighted by molar-refractivity contribution is -0.123. The quantitative estimate of drug-likeness (QED) is 0.278. The van der Waals surface area contributed by atoms with Crippen LogP contribution in [0.3, 0.4) is 0 Å². The molecule has 35 heavy (non-hydrogen) atoms. The molecule has 1 unspecified atom stereocenters. The molecule has 0 aromatic heterocycles. The first-order valence-electron chi connectivity index (χ1n) is 14.4. The van der Waals surface area contributed by atoms with Gasteiger partial charge in [0, 0.05) is 25.0 Å². The molecule has 4 saturated carbocycles. The molecule has 1 aliphatic heterocycles. The number of aliphatic hydroxyl groups is 1. The second-order valence-electron chi connectivity index (χ2n) is 14.2. The van der Waals surface area contributed by atoms with E-state index >= 15 is 0 Å². The van der Waals surface area contributed by atoms with Gasteiger partial charge in [-0.2, -0.15) is 0 Å². The molecule has 0 aromatic carbocycles. The average molecular weight is 488 g/mol. The molecule has 6 nitrogen and oxygen atoms in total. The first-order valence-corrected chi connectivity index (χ1v) is 14.4. The summed E-state index contributed by atoms with van der Waals surface area (Å²) in [5.74, 6) is 3.45. The molecule has 3 N–H and O–H groups in total. The maximum Gasteiger partial charge on any atom is 0.433 e. The van der Waals surface area contributed by atoms with E-state index < -0.39 is 6.09 Å². The fraction of sp³-hybridized carbons (Fsp3) is 0.931.